The summed E-state index contributed by atoms with van der Waals surface area (Å²) < 4.78 is 10.1. The van der Waals surface area contributed by atoms with Gasteiger partial charge in [0.25, 0.3) is 5.56 Å². The number of fused-ring (bicyclic) bond motifs is 3. The van der Waals surface area contributed by atoms with E-state index in [1.165, 1.54) is 9.13 Å². The Morgan fingerprint density at radius 1 is 1.09 bits per heavy atom. The number of carbonyl (C=O) groups is 1. The van der Waals surface area contributed by atoms with Crippen molar-refractivity contribution < 1.29 is 9.53 Å². The average Bonchev–Trinajstić information content (AvgIpc) is 3.45. The molecule has 0 radical (unpaired) electrons. The second-order valence-electron chi connectivity index (χ2n) is 8.96. The first-order valence-corrected chi connectivity index (χ1v) is 11.6. The first kappa shape index (κ1) is 22.2. The minimum atomic E-state index is -0.498. The van der Waals surface area contributed by atoms with Gasteiger partial charge in [-0.05, 0) is 37.5 Å². The van der Waals surface area contributed by atoms with E-state index in [-0.39, 0.29) is 30.7 Å². The number of hydrogen-bond donors (Lipinski definition) is 1. The lowest BCUT2D eigenvalue weighted by Crippen LogP contribution is -2.43. The molecular weight excluding hydrogens is 432 g/mol. The molecule has 8 nitrogen and oxygen atoms in total. The molecule has 1 fully saturated rings. The summed E-state index contributed by atoms with van der Waals surface area (Å²) in [4.78, 5) is 40.1. The van der Waals surface area contributed by atoms with Gasteiger partial charge in [-0.15, -0.1) is 0 Å². The van der Waals surface area contributed by atoms with Gasteiger partial charge in [-0.3, -0.25) is 18.7 Å². The van der Waals surface area contributed by atoms with Gasteiger partial charge in [0.2, 0.25) is 5.91 Å². The zero-order valence-corrected chi connectivity index (χ0v) is 19.4. The van der Waals surface area contributed by atoms with Gasteiger partial charge in [0, 0.05) is 25.6 Å². The minimum absolute atomic E-state index is 0.00734. The number of nitrogens with one attached hydrogen (secondary N) is 1. The number of aromatic nitrogens is 3. The van der Waals surface area contributed by atoms with Crippen molar-refractivity contribution >= 4 is 27.8 Å². The Morgan fingerprint density at radius 2 is 1.88 bits per heavy atom. The number of nitrogens with zero attached hydrogens (tertiary/aromatic N) is 3. The average molecular weight is 461 g/mol. The fraction of sp³-hybridized carbons (Fsp3) is 0.346. The van der Waals surface area contributed by atoms with E-state index in [2.05, 4.69) is 5.32 Å². The molecular formula is C26H28N4O4. The molecule has 1 N–H and O–H groups in total. The second kappa shape index (κ2) is 8.95. The van der Waals surface area contributed by atoms with E-state index in [9.17, 15) is 14.4 Å². The lowest BCUT2D eigenvalue weighted by atomic mass is 10.1. The van der Waals surface area contributed by atoms with Crippen LogP contribution in [-0.4, -0.2) is 38.9 Å². The van der Waals surface area contributed by atoms with Crippen molar-refractivity contribution in [3.63, 3.8) is 0 Å². The SMILES string of the molecule is Cc1ccc2c(c1)c1c(c(=O)n(Cc3ccccc3)c(=O)n1CC(=O)NC[C@H]1CCCO1)n2C. The van der Waals surface area contributed by atoms with Gasteiger partial charge in [0.05, 0.1) is 23.7 Å². The highest BCUT2D eigenvalue weighted by Crippen LogP contribution is 2.26. The zero-order chi connectivity index (χ0) is 23.8. The van der Waals surface area contributed by atoms with E-state index in [0.717, 1.165) is 34.9 Å². The third kappa shape index (κ3) is 3.94. The molecule has 5 rings (SSSR count). The van der Waals surface area contributed by atoms with Gasteiger partial charge in [-0.25, -0.2) is 4.79 Å². The summed E-state index contributed by atoms with van der Waals surface area (Å²) >= 11 is 0. The Balaban J connectivity index is 1.66. The van der Waals surface area contributed by atoms with Gasteiger partial charge in [0.15, 0.2) is 0 Å². The molecule has 4 aromatic rings. The van der Waals surface area contributed by atoms with Crippen LogP contribution in [0, 0.1) is 6.92 Å². The summed E-state index contributed by atoms with van der Waals surface area (Å²) in [5, 5.41) is 3.68. The molecule has 0 aliphatic carbocycles. The molecule has 1 saturated heterocycles. The molecule has 0 saturated carbocycles. The molecule has 2 aromatic carbocycles. The molecule has 1 aliphatic heterocycles. The number of benzene rings is 2. The van der Waals surface area contributed by atoms with Crippen LogP contribution >= 0.6 is 0 Å². The molecule has 0 spiro atoms. The molecule has 1 amide bonds. The van der Waals surface area contributed by atoms with Crippen molar-refractivity contribution in [2.75, 3.05) is 13.2 Å². The summed E-state index contributed by atoms with van der Waals surface area (Å²) in [6.07, 6.45) is 1.91. The largest absolute Gasteiger partial charge is 0.376 e. The maximum atomic E-state index is 13.7. The molecule has 0 bridgehead atoms. The van der Waals surface area contributed by atoms with Gasteiger partial charge in [-0.2, -0.15) is 0 Å². The Kier molecular flexibility index (Phi) is 5.83. The Labute approximate surface area is 196 Å². The maximum absolute atomic E-state index is 13.7. The van der Waals surface area contributed by atoms with E-state index < -0.39 is 5.69 Å². The van der Waals surface area contributed by atoms with Crippen molar-refractivity contribution in [3.05, 3.63) is 80.5 Å². The lowest BCUT2D eigenvalue weighted by Gasteiger charge is -2.15. The van der Waals surface area contributed by atoms with Crippen LogP contribution in [0.3, 0.4) is 0 Å². The molecule has 3 heterocycles. The van der Waals surface area contributed by atoms with E-state index in [4.69, 9.17) is 4.74 Å². The van der Waals surface area contributed by atoms with Crippen LogP contribution in [-0.2, 0) is 29.7 Å². The zero-order valence-electron chi connectivity index (χ0n) is 19.4. The Bertz CT molecular complexity index is 1490. The molecule has 0 unspecified atom stereocenters. The topological polar surface area (TPSA) is 87.3 Å². The van der Waals surface area contributed by atoms with Crippen LogP contribution in [0.4, 0.5) is 0 Å². The fourth-order valence-corrected chi connectivity index (χ4v) is 4.80. The molecule has 176 valence electrons. The van der Waals surface area contributed by atoms with Crippen LogP contribution in [0.2, 0.25) is 0 Å². The summed E-state index contributed by atoms with van der Waals surface area (Å²) in [6, 6.07) is 15.2. The van der Waals surface area contributed by atoms with Crippen LogP contribution in [0.25, 0.3) is 21.9 Å². The molecule has 1 atom stereocenters. The number of rotatable bonds is 6. The third-order valence-corrected chi connectivity index (χ3v) is 6.54. The highest BCUT2D eigenvalue weighted by atomic mass is 16.5. The predicted octanol–water partition coefficient (Wildman–Crippen LogP) is 2.31. The molecule has 2 aromatic heterocycles. The fourth-order valence-electron chi connectivity index (χ4n) is 4.80. The highest BCUT2D eigenvalue weighted by Gasteiger charge is 2.22. The Morgan fingerprint density at radius 3 is 2.62 bits per heavy atom. The molecule has 1 aliphatic rings. The second-order valence-corrected chi connectivity index (χ2v) is 8.96. The molecule has 8 heteroatoms. The summed E-state index contributed by atoms with van der Waals surface area (Å²) in [6.45, 7) is 3.04. The normalized spacial score (nSPS) is 15.9. The Hall–Kier alpha value is -3.65. The smallest absolute Gasteiger partial charge is 0.332 e. The van der Waals surface area contributed by atoms with E-state index >= 15 is 0 Å². The number of hydrogen-bond acceptors (Lipinski definition) is 4. The van der Waals surface area contributed by atoms with Crippen LogP contribution < -0.4 is 16.6 Å². The van der Waals surface area contributed by atoms with Gasteiger partial charge < -0.3 is 14.6 Å². The predicted molar refractivity (Wildman–Crippen MR) is 131 cm³/mol. The first-order chi connectivity index (χ1) is 16.4. The summed E-state index contributed by atoms with van der Waals surface area (Å²) in [7, 11) is 1.82. The van der Waals surface area contributed by atoms with Crippen molar-refractivity contribution in [3.8, 4) is 0 Å². The standard InChI is InChI=1S/C26H28N4O4/c1-17-10-11-21-20(13-17)23-24(28(21)2)25(32)30(15-18-7-4-3-5-8-18)26(33)29(23)16-22(31)27-14-19-9-6-12-34-19/h3-5,7-8,10-11,13,19H,6,9,12,14-16H2,1-2H3,(H,27,31)/t19-/m1/s1. The number of aryl methyl sites for hydroxylation is 2. The van der Waals surface area contributed by atoms with Gasteiger partial charge in [-0.1, -0.05) is 42.0 Å². The monoisotopic (exact) mass is 460 g/mol. The minimum Gasteiger partial charge on any atom is -0.376 e. The van der Waals surface area contributed by atoms with Gasteiger partial charge >= 0.3 is 5.69 Å². The van der Waals surface area contributed by atoms with Gasteiger partial charge in [0.1, 0.15) is 12.1 Å². The number of amides is 1. The van der Waals surface area contributed by atoms with Crippen LogP contribution in [0.15, 0.2) is 58.1 Å². The van der Waals surface area contributed by atoms with Crippen molar-refractivity contribution in [1.82, 2.24) is 19.0 Å². The first-order valence-electron chi connectivity index (χ1n) is 11.6. The maximum Gasteiger partial charge on any atom is 0.332 e. The molecule has 34 heavy (non-hydrogen) atoms. The summed E-state index contributed by atoms with van der Waals surface area (Å²) in [5.41, 5.74) is 2.72. The lowest BCUT2D eigenvalue weighted by molar-refractivity contribution is -0.122. The summed E-state index contributed by atoms with van der Waals surface area (Å²) in [5.74, 6) is -0.284. The number of carbonyl (C=O) groups excluding carboxylic acids is 1. The van der Waals surface area contributed by atoms with Crippen molar-refractivity contribution in [1.29, 1.82) is 0 Å². The third-order valence-electron chi connectivity index (χ3n) is 6.54. The van der Waals surface area contributed by atoms with Crippen molar-refractivity contribution in [2.24, 2.45) is 7.05 Å². The van der Waals surface area contributed by atoms with E-state index in [0.29, 0.717) is 24.2 Å². The van der Waals surface area contributed by atoms with E-state index in [1.807, 2.05) is 67.1 Å². The van der Waals surface area contributed by atoms with Crippen LogP contribution in [0.1, 0.15) is 24.0 Å². The van der Waals surface area contributed by atoms with Crippen molar-refractivity contribution in [2.45, 2.75) is 39.0 Å². The number of ether oxygens (including phenoxy) is 1. The highest BCUT2D eigenvalue weighted by molar-refractivity contribution is 6.06. The van der Waals surface area contributed by atoms with E-state index in [1.54, 1.807) is 0 Å². The quantitative estimate of drug-likeness (QED) is 0.478. The van der Waals surface area contributed by atoms with Crippen LogP contribution in [0.5, 0.6) is 0 Å².